The second-order valence-electron chi connectivity index (χ2n) is 4.52. The van der Waals surface area contributed by atoms with Crippen molar-refractivity contribution in [3.05, 3.63) is 0 Å². The number of hydrogen-bond acceptors (Lipinski definition) is 3. The minimum absolute atomic E-state index is 0.132. The van der Waals surface area contributed by atoms with Gasteiger partial charge in [-0.25, -0.2) is 5.43 Å². The Morgan fingerprint density at radius 1 is 1.44 bits per heavy atom. The van der Waals surface area contributed by atoms with Crippen molar-refractivity contribution in [2.75, 3.05) is 6.54 Å². The summed E-state index contributed by atoms with van der Waals surface area (Å²) in [5.41, 5.74) is 2.72. The van der Waals surface area contributed by atoms with Crippen LogP contribution in [-0.2, 0) is 9.59 Å². The van der Waals surface area contributed by atoms with Crippen LogP contribution in [0.2, 0.25) is 0 Å². The van der Waals surface area contributed by atoms with E-state index >= 15 is 0 Å². The highest BCUT2D eigenvalue weighted by molar-refractivity contribution is 6.39. The lowest BCUT2D eigenvalue weighted by molar-refractivity contribution is -0.121. The van der Waals surface area contributed by atoms with E-state index in [-0.39, 0.29) is 11.8 Å². The molecule has 0 radical (unpaired) electrons. The predicted octanol–water partition coefficient (Wildman–Crippen LogP) is 0.661. The van der Waals surface area contributed by atoms with Crippen molar-refractivity contribution in [3.8, 4) is 0 Å². The molecule has 1 aliphatic heterocycles. The SMILES string of the molecule is CC(C)C(C)CNC(=O)C1=NNC(=O)CC1. The lowest BCUT2D eigenvalue weighted by atomic mass is 9.98. The third-order valence-corrected chi connectivity index (χ3v) is 2.89. The van der Waals surface area contributed by atoms with Crippen molar-refractivity contribution < 1.29 is 9.59 Å². The zero-order chi connectivity index (χ0) is 12.1. The second-order valence-corrected chi connectivity index (χ2v) is 4.52. The van der Waals surface area contributed by atoms with Gasteiger partial charge in [-0.05, 0) is 11.8 Å². The molecule has 0 aromatic heterocycles. The first-order chi connectivity index (χ1) is 7.50. The summed E-state index contributed by atoms with van der Waals surface area (Å²) in [6, 6.07) is 0. The average Bonchev–Trinajstić information content (AvgIpc) is 2.26. The molecule has 0 saturated heterocycles. The summed E-state index contributed by atoms with van der Waals surface area (Å²) in [5.74, 6) is 0.663. The quantitative estimate of drug-likeness (QED) is 0.738. The molecule has 1 rings (SSSR count). The van der Waals surface area contributed by atoms with Gasteiger partial charge in [-0.15, -0.1) is 0 Å². The molecule has 0 aromatic rings. The Hall–Kier alpha value is -1.39. The standard InChI is InChI=1S/C11H19N3O2/c1-7(2)8(3)6-12-11(16)9-4-5-10(15)14-13-9/h7-8H,4-6H2,1-3H3,(H,12,16)(H,14,15). The Morgan fingerprint density at radius 2 is 2.12 bits per heavy atom. The highest BCUT2D eigenvalue weighted by atomic mass is 16.2. The summed E-state index contributed by atoms with van der Waals surface area (Å²) in [6.07, 6.45) is 0.764. The van der Waals surface area contributed by atoms with Crippen molar-refractivity contribution in [3.63, 3.8) is 0 Å². The largest absolute Gasteiger partial charge is 0.351 e. The van der Waals surface area contributed by atoms with Crippen LogP contribution in [0.15, 0.2) is 5.10 Å². The normalized spacial score (nSPS) is 17.8. The second kappa shape index (κ2) is 5.63. The number of carbonyl (C=O) groups is 2. The smallest absolute Gasteiger partial charge is 0.267 e. The maximum Gasteiger partial charge on any atom is 0.267 e. The molecule has 0 aromatic carbocycles. The maximum atomic E-state index is 11.6. The summed E-state index contributed by atoms with van der Waals surface area (Å²) in [5, 5.41) is 6.57. The van der Waals surface area contributed by atoms with Gasteiger partial charge < -0.3 is 5.32 Å². The Balaban J connectivity index is 2.38. The van der Waals surface area contributed by atoms with Crippen molar-refractivity contribution in [1.82, 2.24) is 10.7 Å². The van der Waals surface area contributed by atoms with E-state index in [0.29, 0.717) is 36.9 Å². The molecule has 0 saturated carbocycles. The van der Waals surface area contributed by atoms with Gasteiger partial charge in [-0.1, -0.05) is 20.8 Å². The number of carbonyl (C=O) groups excluding carboxylic acids is 2. The molecular weight excluding hydrogens is 206 g/mol. The van der Waals surface area contributed by atoms with Crippen molar-refractivity contribution in [2.45, 2.75) is 33.6 Å². The lowest BCUT2D eigenvalue weighted by Gasteiger charge is -2.17. The van der Waals surface area contributed by atoms with Gasteiger partial charge in [0.25, 0.3) is 5.91 Å². The minimum Gasteiger partial charge on any atom is -0.351 e. The molecule has 90 valence electrons. The molecular formula is C11H19N3O2. The highest BCUT2D eigenvalue weighted by Gasteiger charge is 2.18. The van der Waals surface area contributed by atoms with Crippen LogP contribution in [-0.4, -0.2) is 24.1 Å². The summed E-state index contributed by atoms with van der Waals surface area (Å²) >= 11 is 0. The molecule has 1 unspecified atom stereocenters. The highest BCUT2D eigenvalue weighted by Crippen LogP contribution is 2.07. The Kier molecular flexibility index (Phi) is 4.46. The number of nitrogens with one attached hydrogen (secondary N) is 2. The Morgan fingerprint density at radius 3 is 2.62 bits per heavy atom. The average molecular weight is 225 g/mol. The number of amides is 2. The monoisotopic (exact) mass is 225 g/mol. The third kappa shape index (κ3) is 3.64. The van der Waals surface area contributed by atoms with Crippen molar-refractivity contribution in [1.29, 1.82) is 0 Å². The van der Waals surface area contributed by atoms with Gasteiger partial charge in [0.05, 0.1) is 0 Å². The van der Waals surface area contributed by atoms with Gasteiger partial charge in [0.2, 0.25) is 5.91 Å². The molecule has 1 atom stereocenters. The van der Waals surface area contributed by atoms with Crippen LogP contribution in [0.3, 0.4) is 0 Å². The fraction of sp³-hybridized carbons (Fsp3) is 0.727. The van der Waals surface area contributed by atoms with Crippen LogP contribution in [0, 0.1) is 11.8 Å². The molecule has 0 aliphatic carbocycles. The summed E-state index contributed by atoms with van der Waals surface area (Å²) < 4.78 is 0. The zero-order valence-corrected chi connectivity index (χ0v) is 10.0. The van der Waals surface area contributed by atoms with Crippen molar-refractivity contribution in [2.24, 2.45) is 16.9 Å². The minimum atomic E-state index is -0.174. The van der Waals surface area contributed by atoms with E-state index in [1.165, 1.54) is 0 Å². The molecule has 5 nitrogen and oxygen atoms in total. The fourth-order valence-electron chi connectivity index (χ4n) is 1.23. The van der Waals surface area contributed by atoms with Gasteiger partial charge >= 0.3 is 0 Å². The lowest BCUT2D eigenvalue weighted by Crippen LogP contribution is -2.39. The molecule has 2 N–H and O–H groups in total. The van der Waals surface area contributed by atoms with Crippen LogP contribution >= 0.6 is 0 Å². The van der Waals surface area contributed by atoms with Crippen LogP contribution in [0.5, 0.6) is 0 Å². The molecule has 5 heteroatoms. The Labute approximate surface area is 95.7 Å². The molecule has 0 spiro atoms. The first-order valence-corrected chi connectivity index (χ1v) is 5.64. The summed E-state index contributed by atoms with van der Waals surface area (Å²) in [7, 11) is 0. The van der Waals surface area contributed by atoms with E-state index in [4.69, 9.17) is 0 Å². The van der Waals surface area contributed by atoms with Crippen LogP contribution < -0.4 is 10.7 Å². The number of rotatable bonds is 4. The Bertz CT molecular complexity index is 310. The number of nitrogens with zero attached hydrogens (tertiary/aromatic N) is 1. The van der Waals surface area contributed by atoms with Gasteiger partial charge in [0, 0.05) is 19.4 Å². The first kappa shape index (κ1) is 12.7. The predicted molar refractivity (Wildman–Crippen MR) is 61.8 cm³/mol. The van der Waals surface area contributed by atoms with Gasteiger partial charge in [-0.2, -0.15) is 5.10 Å². The van der Waals surface area contributed by atoms with Crippen molar-refractivity contribution >= 4 is 17.5 Å². The van der Waals surface area contributed by atoms with Crippen LogP contribution in [0.1, 0.15) is 33.6 Å². The summed E-state index contributed by atoms with van der Waals surface area (Å²) in [4.78, 5) is 22.5. The summed E-state index contributed by atoms with van der Waals surface area (Å²) in [6.45, 7) is 6.98. The van der Waals surface area contributed by atoms with E-state index in [1.807, 2.05) is 0 Å². The van der Waals surface area contributed by atoms with Gasteiger partial charge in [0.15, 0.2) is 0 Å². The zero-order valence-electron chi connectivity index (χ0n) is 10.0. The number of hydrazone groups is 1. The first-order valence-electron chi connectivity index (χ1n) is 5.64. The molecule has 1 heterocycles. The third-order valence-electron chi connectivity index (χ3n) is 2.89. The maximum absolute atomic E-state index is 11.6. The molecule has 2 amide bonds. The van der Waals surface area contributed by atoms with Gasteiger partial charge in [-0.3, -0.25) is 9.59 Å². The van der Waals surface area contributed by atoms with E-state index < -0.39 is 0 Å². The van der Waals surface area contributed by atoms with Gasteiger partial charge in [0.1, 0.15) is 5.71 Å². The number of hydrogen-bond donors (Lipinski definition) is 2. The molecule has 0 fully saturated rings. The van der Waals surface area contributed by atoms with Crippen LogP contribution in [0.4, 0.5) is 0 Å². The molecule has 16 heavy (non-hydrogen) atoms. The molecule has 0 bridgehead atoms. The van der Waals surface area contributed by atoms with Crippen LogP contribution in [0.25, 0.3) is 0 Å². The fourth-order valence-corrected chi connectivity index (χ4v) is 1.23. The van der Waals surface area contributed by atoms with E-state index in [2.05, 4.69) is 36.6 Å². The topological polar surface area (TPSA) is 70.6 Å². The van der Waals surface area contributed by atoms with E-state index in [1.54, 1.807) is 0 Å². The van der Waals surface area contributed by atoms with E-state index in [0.717, 1.165) is 0 Å². The van der Waals surface area contributed by atoms with E-state index in [9.17, 15) is 9.59 Å². The molecule has 1 aliphatic rings.